The minimum absolute atomic E-state index is 0.137. The second-order valence-electron chi connectivity index (χ2n) is 6.71. The fraction of sp³-hybridized carbons (Fsp3) is 0.200. The van der Waals surface area contributed by atoms with Gasteiger partial charge in [-0.1, -0.05) is 35.9 Å². The highest BCUT2D eigenvalue weighted by molar-refractivity contribution is 7.92. The first-order valence-corrected chi connectivity index (χ1v) is 9.97. The molecule has 138 valence electrons. The lowest BCUT2D eigenvalue weighted by molar-refractivity contribution is -0.143. The molecule has 0 aromatic heterocycles. The molecule has 2 aliphatic rings. The number of Topliss-reactive ketones (excluding diaryl/α,β-unsaturated/α-hetero) is 1. The van der Waals surface area contributed by atoms with Crippen LogP contribution in [0.2, 0.25) is 0 Å². The summed E-state index contributed by atoms with van der Waals surface area (Å²) >= 11 is 0. The zero-order chi connectivity index (χ0) is 19.2. The van der Waals surface area contributed by atoms with E-state index < -0.39 is 21.6 Å². The largest absolute Gasteiger partial charge is 0.446 e. The molecule has 2 aromatic rings. The first-order valence-electron chi connectivity index (χ1n) is 8.49. The topological polar surface area (TPSA) is 89.5 Å². The summed E-state index contributed by atoms with van der Waals surface area (Å²) in [5.74, 6) is -0.741. The summed E-state index contributed by atoms with van der Waals surface area (Å²) in [5, 5.41) is 0. The number of nitrogens with one attached hydrogen (secondary N) is 1. The second-order valence-corrected chi connectivity index (χ2v) is 8.39. The number of fused-ring (bicyclic) bond motifs is 1. The van der Waals surface area contributed by atoms with Gasteiger partial charge in [0.2, 0.25) is 5.78 Å². The van der Waals surface area contributed by atoms with Gasteiger partial charge in [0, 0.05) is 17.5 Å². The van der Waals surface area contributed by atoms with Crippen LogP contribution in [-0.2, 0) is 19.6 Å². The highest BCUT2D eigenvalue weighted by Gasteiger charge is 2.47. The molecule has 0 radical (unpaired) electrons. The molecule has 0 amide bonds. The molecule has 1 N–H and O–H groups in total. The van der Waals surface area contributed by atoms with Crippen LogP contribution in [0, 0.1) is 6.92 Å². The number of rotatable bonds is 3. The third-order valence-electron chi connectivity index (χ3n) is 4.83. The van der Waals surface area contributed by atoms with E-state index in [-0.39, 0.29) is 17.1 Å². The van der Waals surface area contributed by atoms with Crippen LogP contribution in [-0.4, -0.2) is 25.8 Å². The molecule has 1 spiro atoms. The molecule has 0 unspecified atom stereocenters. The number of anilines is 1. The first-order chi connectivity index (χ1) is 12.8. The van der Waals surface area contributed by atoms with Crippen LogP contribution in [0.4, 0.5) is 5.69 Å². The quantitative estimate of drug-likeness (QED) is 0.823. The van der Waals surface area contributed by atoms with Gasteiger partial charge in [0.05, 0.1) is 17.0 Å². The molecular formula is C20H17NO5S. The summed E-state index contributed by atoms with van der Waals surface area (Å²) in [6.45, 7) is 1.87. The van der Waals surface area contributed by atoms with Crippen molar-refractivity contribution in [2.75, 3.05) is 4.72 Å². The fourth-order valence-electron chi connectivity index (χ4n) is 3.34. The first kappa shape index (κ1) is 17.5. The zero-order valence-electron chi connectivity index (χ0n) is 14.6. The summed E-state index contributed by atoms with van der Waals surface area (Å²) in [6.07, 6.45) is 3.67. The number of hydrogen-bond acceptors (Lipinski definition) is 5. The van der Waals surface area contributed by atoms with Gasteiger partial charge in [-0.15, -0.1) is 0 Å². The minimum atomic E-state index is -3.80. The van der Waals surface area contributed by atoms with E-state index in [0.29, 0.717) is 23.2 Å². The maximum Gasteiger partial charge on any atom is 0.307 e. The number of hydrogen-bond donors (Lipinski definition) is 1. The van der Waals surface area contributed by atoms with Gasteiger partial charge in [0.1, 0.15) is 0 Å². The summed E-state index contributed by atoms with van der Waals surface area (Å²) in [4.78, 5) is 24.6. The monoisotopic (exact) mass is 383 g/mol. The van der Waals surface area contributed by atoms with Crippen molar-refractivity contribution < 1.29 is 22.7 Å². The molecule has 2 aromatic carbocycles. The minimum Gasteiger partial charge on any atom is -0.446 e. The molecule has 1 saturated heterocycles. The third kappa shape index (κ3) is 2.94. The number of ketones is 1. The van der Waals surface area contributed by atoms with E-state index >= 15 is 0 Å². The van der Waals surface area contributed by atoms with Gasteiger partial charge in [-0.25, -0.2) is 8.42 Å². The Hall–Kier alpha value is -2.93. The lowest BCUT2D eigenvalue weighted by Crippen LogP contribution is -2.38. The van der Waals surface area contributed by atoms with Crippen molar-refractivity contribution in [1.29, 1.82) is 0 Å². The summed E-state index contributed by atoms with van der Waals surface area (Å²) in [7, 11) is -3.80. The maximum absolute atomic E-state index is 12.9. The van der Waals surface area contributed by atoms with Crippen LogP contribution in [0.3, 0.4) is 0 Å². The molecule has 1 aliphatic heterocycles. The third-order valence-corrected chi connectivity index (χ3v) is 6.21. The van der Waals surface area contributed by atoms with E-state index in [1.807, 2.05) is 6.92 Å². The van der Waals surface area contributed by atoms with Crippen molar-refractivity contribution in [2.45, 2.75) is 30.3 Å². The number of esters is 1. The smallest absolute Gasteiger partial charge is 0.307 e. The predicted molar refractivity (Wildman–Crippen MR) is 99.9 cm³/mol. The molecule has 27 heavy (non-hydrogen) atoms. The molecular weight excluding hydrogens is 366 g/mol. The van der Waals surface area contributed by atoms with Crippen molar-refractivity contribution in [1.82, 2.24) is 0 Å². The molecule has 1 fully saturated rings. The highest BCUT2D eigenvalue weighted by atomic mass is 32.2. The van der Waals surface area contributed by atoms with Crippen LogP contribution < -0.4 is 4.72 Å². The number of carbonyl (C=O) groups excluding carboxylic acids is 2. The van der Waals surface area contributed by atoms with E-state index in [2.05, 4.69) is 4.72 Å². The van der Waals surface area contributed by atoms with E-state index in [0.717, 1.165) is 5.56 Å². The Morgan fingerprint density at radius 3 is 2.48 bits per heavy atom. The van der Waals surface area contributed by atoms with Crippen LogP contribution >= 0.6 is 0 Å². The van der Waals surface area contributed by atoms with E-state index in [4.69, 9.17) is 4.74 Å². The molecule has 1 aliphatic carbocycles. The predicted octanol–water partition coefficient (Wildman–Crippen LogP) is 3.08. The van der Waals surface area contributed by atoms with Crippen LogP contribution in [0.1, 0.15) is 34.3 Å². The number of carbonyl (C=O) groups is 2. The summed E-state index contributed by atoms with van der Waals surface area (Å²) in [5.41, 5.74) is 0.786. The molecule has 0 bridgehead atoms. The van der Waals surface area contributed by atoms with Crippen molar-refractivity contribution in [2.24, 2.45) is 0 Å². The number of ether oxygens (including phenoxy) is 1. The summed E-state index contributed by atoms with van der Waals surface area (Å²) in [6, 6.07) is 11.3. The standard InChI is InChI=1S/C20H17NO5S/c1-13-5-7-14(8-6-13)27(24,25)21-17-4-2-3-16-15(17)9-11-20(19(16)23)12-10-18(22)26-20/h2-9,11,21H,10,12H2,1H3/t20-/m1/s1. The van der Waals surface area contributed by atoms with Crippen molar-refractivity contribution in [3.63, 3.8) is 0 Å². The lowest BCUT2D eigenvalue weighted by atomic mass is 9.82. The van der Waals surface area contributed by atoms with Gasteiger partial charge in [-0.2, -0.15) is 0 Å². The Bertz CT molecular complexity index is 1090. The number of aryl methyl sites for hydroxylation is 1. The van der Waals surface area contributed by atoms with Gasteiger partial charge >= 0.3 is 5.97 Å². The van der Waals surface area contributed by atoms with Gasteiger partial charge < -0.3 is 4.74 Å². The van der Waals surface area contributed by atoms with Crippen LogP contribution in [0.15, 0.2) is 53.4 Å². The van der Waals surface area contributed by atoms with Gasteiger partial charge in [-0.3, -0.25) is 14.3 Å². The molecule has 6 nitrogen and oxygen atoms in total. The Kier molecular flexibility index (Phi) is 3.92. The Morgan fingerprint density at radius 2 is 1.81 bits per heavy atom. The number of benzene rings is 2. The average molecular weight is 383 g/mol. The van der Waals surface area contributed by atoms with Gasteiger partial charge in [0.15, 0.2) is 5.60 Å². The molecule has 1 atom stereocenters. The van der Waals surface area contributed by atoms with Gasteiger partial charge in [-0.05, 0) is 31.2 Å². The number of sulfonamides is 1. The zero-order valence-corrected chi connectivity index (χ0v) is 15.4. The van der Waals surface area contributed by atoms with Crippen molar-refractivity contribution in [3.05, 3.63) is 65.2 Å². The fourth-order valence-corrected chi connectivity index (χ4v) is 4.42. The van der Waals surface area contributed by atoms with Crippen molar-refractivity contribution in [3.8, 4) is 0 Å². The van der Waals surface area contributed by atoms with Crippen LogP contribution in [0.5, 0.6) is 0 Å². The van der Waals surface area contributed by atoms with E-state index in [9.17, 15) is 18.0 Å². The molecule has 4 rings (SSSR count). The van der Waals surface area contributed by atoms with Crippen LogP contribution in [0.25, 0.3) is 6.08 Å². The van der Waals surface area contributed by atoms with E-state index in [1.165, 1.54) is 12.1 Å². The molecule has 7 heteroatoms. The van der Waals surface area contributed by atoms with E-state index in [1.54, 1.807) is 42.5 Å². The maximum atomic E-state index is 12.9. The SMILES string of the molecule is Cc1ccc(S(=O)(=O)Nc2cccc3c2C=C[C@@]2(CCC(=O)O2)C3=O)cc1. The Morgan fingerprint density at radius 1 is 1.07 bits per heavy atom. The second kappa shape index (κ2) is 6.06. The Labute approximate surface area is 156 Å². The lowest BCUT2D eigenvalue weighted by Gasteiger charge is -2.27. The Balaban J connectivity index is 1.71. The average Bonchev–Trinajstić information content (AvgIpc) is 3.01. The molecule has 1 heterocycles. The normalized spacial score (nSPS) is 21.2. The highest BCUT2D eigenvalue weighted by Crippen LogP contribution is 2.39. The molecule has 0 saturated carbocycles. The van der Waals surface area contributed by atoms with Crippen molar-refractivity contribution >= 4 is 33.5 Å². The summed E-state index contributed by atoms with van der Waals surface area (Å²) < 4.78 is 33.2. The van der Waals surface area contributed by atoms with Gasteiger partial charge in [0.25, 0.3) is 10.0 Å².